The van der Waals surface area contributed by atoms with Crippen LogP contribution in [0.4, 0.5) is 4.79 Å². The third kappa shape index (κ3) is 4.87. The molecule has 5 heteroatoms. The Morgan fingerprint density at radius 3 is 2.57 bits per heavy atom. The molecule has 0 radical (unpaired) electrons. The minimum absolute atomic E-state index is 0.331. The van der Waals surface area contributed by atoms with Gasteiger partial charge < -0.3 is 10.1 Å². The number of hydrogen-bond acceptors (Lipinski definition) is 4. The molecule has 0 saturated carbocycles. The van der Waals surface area contributed by atoms with Crippen molar-refractivity contribution in [2.24, 2.45) is 0 Å². The van der Waals surface area contributed by atoms with E-state index in [9.17, 15) is 4.79 Å². The average molecular weight is 285 g/mol. The van der Waals surface area contributed by atoms with Gasteiger partial charge in [-0.15, -0.1) is 0 Å². The van der Waals surface area contributed by atoms with Gasteiger partial charge in [-0.1, -0.05) is 6.07 Å². The highest BCUT2D eigenvalue weighted by atomic mass is 16.6. The maximum atomic E-state index is 11.5. The van der Waals surface area contributed by atoms with Gasteiger partial charge in [0.25, 0.3) is 0 Å². The van der Waals surface area contributed by atoms with E-state index >= 15 is 0 Å². The molecular formula is C16H19N3O2. The van der Waals surface area contributed by atoms with E-state index < -0.39 is 11.7 Å². The molecule has 0 spiro atoms. The molecular weight excluding hydrogens is 266 g/mol. The molecule has 2 aromatic heterocycles. The highest BCUT2D eigenvalue weighted by molar-refractivity contribution is 5.67. The fraction of sp³-hybridized carbons (Fsp3) is 0.312. The van der Waals surface area contributed by atoms with Gasteiger partial charge in [0.05, 0.1) is 17.9 Å². The Labute approximate surface area is 124 Å². The number of nitrogens with zero attached hydrogens (tertiary/aromatic N) is 2. The van der Waals surface area contributed by atoms with Gasteiger partial charge in [-0.25, -0.2) is 4.79 Å². The van der Waals surface area contributed by atoms with E-state index in [-0.39, 0.29) is 0 Å². The molecule has 1 amide bonds. The summed E-state index contributed by atoms with van der Waals surface area (Å²) in [6.45, 7) is 5.81. The molecule has 2 aromatic rings. The van der Waals surface area contributed by atoms with Gasteiger partial charge in [0, 0.05) is 18.0 Å². The zero-order valence-electron chi connectivity index (χ0n) is 12.5. The van der Waals surface area contributed by atoms with Crippen LogP contribution < -0.4 is 5.32 Å². The highest BCUT2D eigenvalue weighted by Gasteiger charge is 2.15. The first-order valence-corrected chi connectivity index (χ1v) is 6.77. The average Bonchev–Trinajstić information content (AvgIpc) is 2.45. The number of ether oxygens (including phenoxy) is 1. The van der Waals surface area contributed by atoms with Gasteiger partial charge in [0.2, 0.25) is 0 Å². The molecule has 0 aliphatic heterocycles. The van der Waals surface area contributed by atoms with Crippen LogP contribution in [0.3, 0.4) is 0 Å². The van der Waals surface area contributed by atoms with E-state index in [1.807, 2.05) is 51.1 Å². The lowest BCUT2D eigenvalue weighted by Gasteiger charge is -2.19. The lowest BCUT2D eigenvalue weighted by Crippen LogP contribution is -2.32. The molecule has 1 N–H and O–H groups in total. The Balaban J connectivity index is 1.93. The fourth-order valence-electron chi connectivity index (χ4n) is 1.69. The summed E-state index contributed by atoms with van der Waals surface area (Å²) in [5.41, 5.74) is 2.08. The van der Waals surface area contributed by atoms with Crippen LogP contribution >= 0.6 is 0 Å². The second-order valence-corrected chi connectivity index (χ2v) is 5.61. The Kier molecular flexibility index (Phi) is 4.52. The van der Waals surface area contributed by atoms with Gasteiger partial charge >= 0.3 is 6.09 Å². The van der Waals surface area contributed by atoms with E-state index in [0.717, 1.165) is 17.0 Å². The minimum atomic E-state index is -0.500. The van der Waals surface area contributed by atoms with Crippen LogP contribution in [-0.2, 0) is 11.3 Å². The summed E-state index contributed by atoms with van der Waals surface area (Å²) in [6, 6.07) is 9.52. The molecule has 0 saturated heterocycles. The molecule has 0 aliphatic carbocycles. The van der Waals surface area contributed by atoms with E-state index in [0.29, 0.717) is 6.54 Å². The quantitative estimate of drug-likeness (QED) is 0.940. The normalized spacial score (nSPS) is 11.0. The van der Waals surface area contributed by atoms with Crippen molar-refractivity contribution in [2.45, 2.75) is 32.9 Å². The van der Waals surface area contributed by atoms with Crippen LogP contribution in [0.15, 0.2) is 42.7 Å². The number of amides is 1. The summed E-state index contributed by atoms with van der Waals surface area (Å²) in [6.07, 6.45) is 3.04. The standard InChI is InChI=1S/C16H19N3O2/c1-16(2,3)21-15(20)19-11-13-8-7-12(10-18-13)14-6-4-5-9-17-14/h4-10H,11H2,1-3H3,(H,19,20). The third-order valence-electron chi connectivity index (χ3n) is 2.60. The molecule has 0 fully saturated rings. The molecule has 5 nitrogen and oxygen atoms in total. The van der Waals surface area contributed by atoms with Crippen LogP contribution in [0.5, 0.6) is 0 Å². The predicted octanol–water partition coefficient (Wildman–Crippen LogP) is 3.17. The Bertz CT molecular complexity index is 589. The van der Waals surface area contributed by atoms with Gasteiger partial charge in [-0.3, -0.25) is 9.97 Å². The number of alkyl carbamates (subject to hydrolysis) is 1. The van der Waals surface area contributed by atoms with Crippen LogP contribution in [0.2, 0.25) is 0 Å². The number of nitrogens with one attached hydrogen (secondary N) is 1. The Hall–Kier alpha value is -2.43. The second kappa shape index (κ2) is 6.35. The van der Waals surface area contributed by atoms with Crippen molar-refractivity contribution in [1.29, 1.82) is 0 Å². The lowest BCUT2D eigenvalue weighted by molar-refractivity contribution is 0.0523. The van der Waals surface area contributed by atoms with Crippen molar-refractivity contribution in [2.75, 3.05) is 0 Å². The van der Waals surface area contributed by atoms with E-state index in [1.54, 1.807) is 12.4 Å². The summed E-state index contributed by atoms with van der Waals surface area (Å²) in [7, 11) is 0. The summed E-state index contributed by atoms with van der Waals surface area (Å²) in [4.78, 5) is 20.1. The third-order valence-corrected chi connectivity index (χ3v) is 2.60. The lowest BCUT2D eigenvalue weighted by atomic mass is 10.2. The van der Waals surface area contributed by atoms with Crippen molar-refractivity contribution < 1.29 is 9.53 Å². The molecule has 0 bridgehead atoms. The monoisotopic (exact) mass is 285 g/mol. The van der Waals surface area contributed by atoms with Crippen molar-refractivity contribution in [1.82, 2.24) is 15.3 Å². The minimum Gasteiger partial charge on any atom is -0.444 e. The Morgan fingerprint density at radius 1 is 1.19 bits per heavy atom. The van der Waals surface area contributed by atoms with E-state index in [2.05, 4.69) is 15.3 Å². The number of aromatic nitrogens is 2. The first kappa shape index (κ1) is 15.0. The Morgan fingerprint density at radius 2 is 2.00 bits per heavy atom. The molecule has 0 unspecified atom stereocenters. The van der Waals surface area contributed by atoms with Gasteiger partial charge in [0.15, 0.2) is 0 Å². The summed E-state index contributed by atoms with van der Waals surface area (Å²) >= 11 is 0. The largest absolute Gasteiger partial charge is 0.444 e. The predicted molar refractivity (Wildman–Crippen MR) is 80.5 cm³/mol. The van der Waals surface area contributed by atoms with Crippen LogP contribution in [0.25, 0.3) is 11.3 Å². The van der Waals surface area contributed by atoms with Crippen molar-refractivity contribution >= 4 is 6.09 Å². The van der Waals surface area contributed by atoms with Crippen molar-refractivity contribution in [3.63, 3.8) is 0 Å². The SMILES string of the molecule is CC(C)(C)OC(=O)NCc1ccc(-c2ccccn2)cn1. The number of carbonyl (C=O) groups is 1. The number of pyridine rings is 2. The van der Waals surface area contributed by atoms with E-state index in [1.165, 1.54) is 0 Å². The maximum absolute atomic E-state index is 11.5. The van der Waals surface area contributed by atoms with Crippen LogP contribution in [0.1, 0.15) is 26.5 Å². The molecule has 0 atom stereocenters. The molecule has 0 aliphatic rings. The summed E-state index contributed by atoms with van der Waals surface area (Å²) in [5.74, 6) is 0. The topological polar surface area (TPSA) is 64.1 Å². The van der Waals surface area contributed by atoms with Crippen LogP contribution in [-0.4, -0.2) is 21.7 Å². The van der Waals surface area contributed by atoms with Crippen molar-refractivity contribution in [3.05, 3.63) is 48.4 Å². The first-order valence-electron chi connectivity index (χ1n) is 6.77. The fourth-order valence-corrected chi connectivity index (χ4v) is 1.69. The maximum Gasteiger partial charge on any atom is 0.407 e. The number of hydrogen-bond donors (Lipinski definition) is 1. The zero-order chi connectivity index (χ0) is 15.3. The number of rotatable bonds is 3. The molecule has 110 valence electrons. The van der Waals surface area contributed by atoms with Gasteiger partial charge in [-0.2, -0.15) is 0 Å². The van der Waals surface area contributed by atoms with Gasteiger partial charge in [0.1, 0.15) is 5.60 Å². The number of carbonyl (C=O) groups excluding carboxylic acids is 1. The van der Waals surface area contributed by atoms with Gasteiger partial charge in [-0.05, 0) is 45.0 Å². The van der Waals surface area contributed by atoms with Crippen molar-refractivity contribution in [3.8, 4) is 11.3 Å². The summed E-state index contributed by atoms with van der Waals surface area (Å²) in [5, 5.41) is 2.68. The van der Waals surface area contributed by atoms with Crippen LogP contribution in [0, 0.1) is 0 Å². The molecule has 2 rings (SSSR count). The second-order valence-electron chi connectivity index (χ2n) is 5.61. The molecule has 0 aromatic carbocycles. The molecule has 2 heterocycles. The zero-order valence-corrected chi connectivity index (χ0v) is 12.5. The highest BCUT2D eigenvalue weighted by Crippen LogP contribution is 2.15. The molecule has 21 heavy (non-hydrogen) atoms. The summed E-state index contributed by atoms with van der Waals surface area (Å²) < 4.78 is 5.16. The van der Waals surface area contributed by atoms with E-state index in [4.69, 9.17) is 4.74 Å². The first-order chi connectivity index (χ1) is 9.94. The smallest absolute Gasteiger partial charge is 0.407 e.